The molecule has 5 unspecified atom stereocenters. The number of nitrogens with one attached hydrogen (secondary N) is 2. The molecule has 1 heterocycles. The number of carbonyl (C=O) groups excluding carboxylic acids is 2. The molecule has 4 N–H and O–H groups in total. The van der Waals surface area contributed by atoms with Crippen molar-refractivity contribution < 1.29 is 24.5 Å². The first-order chi connectivity index (χ1) is 19.2. The van der Waals surface area contributed by atoms with E-state index in [1.807, 2.05) is 37.3 Å². The third-order valence-corrected chi connectivity index (χ3v) is 10.2. The third kappa shape index (κ3) is 5.25. The summed E-state index contributed by atoms with van der Waals surface area (Å²) in [6, 6.07) is 16.7. The maximum atomic E-state index is 13.3. The van der Waals surface area contributed by atoms with E-state index < -0.39 is 11.5 Å². The summed E-state index contributed by atoms with van der Waals surface area (Å²) in [6.45, 7) is 4.42. The van der Waals surface area contributed by atoms with Crippen molar-refractivity contribution in [2.24, 2.45) is 16.7 Å². The second-order valence-electron chi connectivity index (χ2n) is 11.5. The number of amides is 2. The molecule has 8 nitrogen and oxygen atoms in total. The lowest BCUT2D eigenvalue weighted by Gasteiger charge is -2.58. The van der Waals surface area contributed by atoms with E-state index in [1.54, 1.807) is 31.4 Å². The Morgan fingerprint density at radius 3 is 2.52 bits per heavy atom. The van der Waals surface area contributed by atoms with Crippen molar-refractivity contribution in [3.63, 3.8) is 0 Å². The van der Waals surface area contributed by atoms with E-state index in [1.165, 1.54) is 11.3 Å². The predicted octanol–water partition coefficient (Wildman–Crippen LogP) is 4.53. The van der Waals surface area contributed by atoms with Crippen LogP contribution in [0, 0.1) is 16.7 Å². The minimum Gasteiger partial charge on any atom is -0.497 e. The van der Waals surface area contributed by atoms with Crippen molar-refractivity contribution in [2.75, 3.05) is 19.0 Å². The number of anilines is 1. The highest BCUT2D eigenvalue weighted by Crippen LogP contribution is 2.62. The van der Waals surface area contributed by atoms with Gasteiger partial charge in [-0.05, 0) is 60.4 Å². The normalized spacial score (nSPS) is 27.3. The number of nitrogens with zero attached hydrogens (tertiary/aromatic N) is 1. The summed E-state index contributed by atoms with van der Waals surface area (Å²) in [5.74, 6) is 0.0390. The number of aromatic nitrogens is 1. The molecule has 0 aliphatic heterocycles. The van der Waals surface area contributed by atoms with Gasteiger partial charge in [0.2, 0.25) is 5.91 Å². The Bertz CT molecular complexity index is 1360. The number of ether oxygens (including phenoxy) is 1. The van der Waals surface area contributed by atoms with E-state index >= 15 is 0 Å². The fourth-order valence-corrected chi connectivity index (χ4v) is 7.73. The van der Waals surface area contributed by atoms with Gasteiger partial charge in [0.1, 0.15) is 5.75 Å². The van der Waals surface area contributed by atoms with E-state index in [9.17, 15) is 19.8 Å². The minimum atomic E-state index is -0.708. The van der Waals surface area contributed by atoms with Gasteiger partial charge in [0.05, 0.1) is 25.5 Å². The molecule has 40 heavy (non-hydrogen) atoms. The van der Waals surface area contributed by atoms with Crippen LogP contribution in [0.25, 0.3) is 0 Å². The second kappa shape index (κ2) is 11.3. The molecule has 3 aromatic rings. The van der Waals surface area contributed by atoms with Crippen molar-refractivity contribution in [1.82, 2.24) is 10.3 Å². The van der Waals surface area contributed by atoms with Gasteiger partial charge in [-0.2, -0.15) is 0 Å². The molecule has 0 radical (unpaired) electrons. The van der Waals surface area contributed by atoms with Crippen LogP contribution in [-0.2, 0) is 17.8 Å². The van der Waals surface area contributed by atoms with Gasteiger partial charge in [0.25, 0.3) is 5.91 Å². The summed E-state index contributed by atoms with van der Waals surface area (Å²) in [4.78, 5) is 32.2. The fraction of sp³-hybridized carbons (Fsp3) is 0.452. The van der Waals surface area contributed by atoms with Gasteiger partial charge in [-0.15, -0.1) is 11.3 Å². The topological polar surface area (TPSA) is 121 Å². The molecule has 9 heteroatoms. The minimum absolute atomic E-state index is 0.0567. The first-order valence-corrected chi connectivity index (χ1v) is 14.5. The van der Waals surface area contributed by atoms with Crippen molar-refractivity contribution in [3.05, 3.63) is 76.3 Å². The van der Waals surface area contributed by atoms with E-state index in [-0.39, 0.29) is 42.1 Å². The summed E-state index contributed by atoms with van der Waals surface area (Å²) in [6.07, 6.45) is 1.49. The highest BCUT2D eigenvalue weighted by Gasteiger charge is 2.59. The number of thiazole rings is 1. The zero-order valence-electron chi connectivity index (χ0n) is 23.1. The molecule has 0 saturated heterocycles. The van der Waals surface area contributed by atoms with E-state index in [4.69, 9.17) is 9.72 Å². The number of methoxy groups -OCH3 is 1. The lowest BCUT2D eigenvalue weighted by atomic mass is 9.47. The third-order valence-electron chi connectivity index (χ3n) is 9.19. The van der Waals surface area contributed by atoms with Crippen LogP contribution in [0.15, 0.2) is 54.6 Å². The van der Waals surface area contributed by atoms with Crippen LogP contribution in [0.3, 0.4) is 0 Å². The standard InChI is InChI=1S/C31H37N3O5S/c1-30-14-13-25(36)31(2,18-35)24(30)16-23-27(22(30)15-26(37)32-17-19-7-5-4-6-8-19)33-29(40-23)34-28(38)20-9-11-21(39-3)12-10-20/h4-12,22,24-25,35-36H,13-18H2,1-3H3,(H,32,37)(H,33,34,38). The average molecular weight is 564 g/mol. The maximum absolute atomic E-state index is 13.3. The van der Waals surface area contributed by atoms with E-state index in [0.29, 0.717) is 35.8 Å². The van der Waals surface area contributed by atoms with Crippen molar-refractivity contribution in [3.8, 4) is 5.75 Å². The Labute approximate surface area is 238 Å². The predicted molar refractivity (Wildman–Crippen MR) is 154 cm³/mol. The summed E-state index contributed by atoms with van der Waals surface area (Å²) in [5.41, 5.74) is 1.27. The highest BCUT2D eigenvalue weighted by molar-refractivity contribution is 7.15. The largest absolute Gasteiger partial charge is 0.497 e. The number of fused-ring (bicyclic) bond motifs is 2. The summed E-state index contributed by atoms with van der Waals surface area (Å²) >= 11 is 1.41. The van der Waals surface area contributed by atoms with Crippen LogP contribution in [-0.4, -0.2) is 46.8 Å². The monoisotopic (exact) mass is 563 g/mol. The Hall–Kier alpha value is -3.27. The van der Waals surface area contributed by atoms with Crippen molar-refractivity contribution in [2.45, 2.75) is 58.1 Å². The van der Waals surface area contributed by atoms with Gasteiger partial charge in [-0.3, -0.25) is 14.9 Å². The number of hydrogen-bond acceptors (Lipinski definition) is 7. The first-order valence-electron chi connectivity index (χ1n) is 13.7. The Morgan fingerprint density at radius 2 is 1.85 bits per heavy atom. The number of rotatable bonds is 8. The summed E-state index contributed by atoms with van der Waals surface area (Å²) < 4.78 is 5.19. The lowest BCUT2D eigenvalue weighted by molar-refractivity contribution is -0.144. The number of aliphatic hydroxyl groups is 2. The summed E-state index contributed by atoms with van der Waals surface area (Å²) in [5, 5.41) is 27.9. The van der Waals surface area contributed by atoms with Crippen LogP contribution in [0.5, 0.6) is 5.75 Å². The van der Waals surface area contributed by atoms with Gasteiger partial charge in [0.15, 0.2) is 5.13 Å². The van der Waals surface area contributed by atoms with E-state index in [0.717, 1.165) is 22.6 Å². The smallest absolute Gasteiger partial charge is 0.257 e. The van der Waals surface area contributed by atoms with Crippen LogP contribution in [0.1, 0.15) is 65.5 Å². The van der Waals surface area contributed by atoms with Crippen molar-refractivity contribution in [1.29, 1.82) is 0 Å². The number of aliphatic hydroxyl groups excluding tert-OH is 2. The van der Waals surface area contributed by atoms with Crippen LogP contribution >= 0.6 is 11.3 Å². The Balaban J connectivity index is 1.44. The number of hydrogen-bond donors (Lipinski definition) is 4. The molecule has 5 atom stereocenters. The van der Waals surface area contributed by atoms with Gasteiger partial charge >= 0.3 is 0 Å². The number of benzene rings is 2. The molecular weight excluding hydrogens is 526 g/mol. The number of carbonyl (C=O) groups is 2. The molecule has 1 saturated carbocycles. The van der Waals surface area contributed by atoms with Crippen LogP contribution in [0.2, 0.25) is 0 Å². The second-order valence-corrected chi connectivity index (χ2v) is 12.6. The Morgan fingerprint density at radius 1 is 1.12 bits per heavy atom. The molecule has 2 aliphatic carbocycles. The van der Waals surface area contributed by atoms with Gasteiger partial charge in [-0.25, -0.2) is 4.98 Å². The molecule has 0 bridgehead atoms. The maximum Gasteiger partial charge on any atom is 0.257 e. The van der Waals surface area contributed by atoms with Gasteiger partial charge < -0.3 is 20.3 Å². The fourth-order valence-electron chi connectivity index (χ4n) is 6.66. The Kier molecular flexibility index (Phi) is 7.99. The molecule has 5 rings (SSSR count). The zero-order chi connectivity index (χ0) is 28.5. The quantitative estimate of drug-likeness (QED) is 0.320. The van der Waals surface area contributed by atoms with Crippen molar-refractivity contribution >= 4 is 28.3 Å². The molecule has 1 fully saturated rings. The molecule has 2 aromatic carbocycles. The zero-order valence-corrected chi connectivity index (χ0v) is 24.0. The van der Waals surface area contributed by atoms with Gasteiger partial charge in [0, 0.05) is 34.7 Å². The highest BCUT2D eigenvalue weighted by atomic mass is 32.1. The van der Waals surface area contributed by atoms with E-state index in [2.05, 4.69) is 17.6 Å². The molecule has 1 aromatic heterocycles. The lowest BCUT2D eigenvalue weighted by Crippen LogP contribution is -2.57. The molecule has 212 valence electrons. The SMILES string of the molecule is COc1ccc(C(=O)Nc2nc3c(s2)CC2C(C)(CO)C(O)CCC2(C)C3CC(=O)NCc2ccccc2)cc1. The summed E-state index contributed by atoms with van der Waals surface area (Å²) in [7, 11) is 1.58. The van der Waals surface area contributed by atoms with Crippen LogP contribution in [0.4, 0.5) is 5.13 Å². The average Bonchev–Trinajstić information content (AvgIpc) is 3.37. The van der Waals surface area contributed by atoms with Gasteiger partial charge in [-0.1, -0.05) is 44.2 Å². The molecule has 2 amide bonds. The molecule has 2 aliphatic rings. The first kappa shape index (κ1) is 28.3. The molecular formula is C31H37N3O5S. The molecule has 0 spiro atoms. The van der Waals surface area contributed by atoms with Crippen LogP contribution < -0.4 is 15.4 Å².